The first kappa shape index (κ1) is 7.15. The summed E-state index contributed by atoms with van der Waals surface area (Å²) in [7, 11) is 0. The largest absolute Gasteiger partial charge is 0.247 e. The molecule has 0 saturated heterocycles. The number of halogens is 1. The molecule has 0 aromatic carbocycles. The van der Waals surface area contributed by atoms with Crippen LogP contribution < -0.4 is 0 Å². The number of hydrogen-bond acceptors (Lipinski definition) is 0. The Kier molecular flexibility index (Phi) is 5.50. The molecule has 0 aliphatic rings. The van der Waals surface area contributed by atoms with E-state index in [9.17, 15) is 4.39 Å². The SMILES string of the molecule is C=C/C=C\C=C\CF. The molecule has 0 atom stereocenters. The summed E-state index contributed by atoms with van der Waals surface area (Å²) in [6.45, 7) is 3.04. The van der Waals surface area contributed by atoms with Crippen molar-refractivity contribution in [1.29, 1.82) is 0 Å². The summed E-state index contributed by atoms with van der Waals surface area (Å²) < 4.78 is 11.3. The minimum Gasteiger partial charge on any atom is -0.247 e. The smallest absolute Gasteiger partial charge is 0.108 e. The molecular weight excluding hydrogens is 103 g/mol. The molecule has 0 rings (SSSR count). The molecule has 0 bridgehead atoms. The van der Waals surface area contributed by atoms with Gasteiger partial charge in [0.1, 0.15) is 6.67 Å². The second-order valence-electron chi connectivity index (χ2n) is 1.20. The van der Waals surface area contributed by atoms with Gasteiger partial charge >= 0.3 is 0 Å². The molecule has 0 aliphatic carbocycles. The van der Waals surface area contributed by atoms with Gasteiger partial charge in [-0.25, -0.2) is 4.39 Å². The fraction of sp³-hybridized carbons (Fsp3) is 0.143. The van der Waals surface area contributed by atoms with Crippen LogP contribution in [0.5, 0.6) is 0 Å². The van der Waals surface area contributed by atoms with Gasteiger partial charge in [0.25, 0.3) is 0 Å². The Hall–Kier alpha value is -0.850. The number of alkyl halides is 1. The molecule has 0 spiro atoms. The summed E-state index contributed by atoms with van der Waals surface area (Å²) in [6, 6.07) is 0. The van der Waals surface area contributed by atoms with E-state index in [1.54, 1.807) is 24.3 Å². The topological polar surface area (TPSA) is 0 Å². The van der Waals surface area contributed by atoms with Crippen molar-refractivity contribution >= 4 is 0 Å². The zero-order valence-corrected chi connectivity index (χ0v) is 4.68. The summed E-state index contributed by atoms with van der Waals surface area (Å²) in [5, 5.41) is 0. The molecule has 0 unspecified atom stereocenters. The molecule has 0 aromatic rings. The molecule has 44 valence electrons. The van der Waals surface area contributed by atoms with Gasteiger partial charge in [0, 0.05) is 0 Å². The van der Waals surface area contributed by atoms with Gasteiger partial charge in [-0.1, -0.05) is 37.0 Å². The Morgan fingerprint density at radius 1 is 1.25 bits per heavy atom. The second kappa shape index (κ2) is 6.15. The fourth-order valence-electron chi connectivity index (χ4n) is 0.273. The van der Waals surface area contributed by atoms with Gasteiger partial charge in [-0.2, -0.15) is 0 Å². The van der Waals surface area contributed by atoms with Gasteiger partial charge in [-0.15, -0.1) is 0 Å². The zero-order valence-electron chi connectivity index (χ0n) is 4.68. The second-order valence-corrected chi connectivity index (χ2v) is 1.20. The molecule has 0 N–H and O–H groups in total. The lowest BCUT2D eigenvalue weighted by atomic mass is 10.4. The first-order chi connectivity index (χ1) is 3.91. The van der Waals surface area contributed by atoms with Gasteiger partial charge in [-0.05, 0) is 0 Å². The van der Waals surface area contributed by atoms with Gasteiger partial charge in [0.15, 0.2) is 0 Å². The molecule has 0 aliphatic heterocycles. The normalized spacial score (nSPS) is 11.1. The van der Waals surface area contributed by atoms with Crippen molar-refractivity contribution in [1.82, 2.24) is 0 Å². The number of hydrogen-bond donors (Lipinski definition) is 0. The quantitative estimate of drug-likeness (QED) is 0.491. The summed E-state index contributed by atoms with van der Waals surface area (Å²) in [5.41, 5.74) is 0. The minimum absolute atomic E-state index is 0.401. The van der Waals surface area contributed by atoms with Crippen molar-refractivity contribution in [3.05, 3.63) is 37.0 Å². The van der Waals surface area contributed by atoms with E-state index in [1.807, 2.05) is 0 Å². The highest BCUT2D eigenvalue weighted by molar-refractivity contribution is 5.08. The predicted octanol–water partition coefficient (Wildman–Crippen LogP) is 2.25. The Balaban J connectivity index is 3.26. The molecule has 0 nitrogen and oxygen atoms in total. The predicted molar refractivity (Wildman–Crippen MR) is 34.5 cm³/mol. The van der Waals surface area contributed by atoms with E-state index < -0.39 is 6.67 Å². The number of rotatable bonds is 3. The van der Waals surface area contributed by atoms with Crippen LogP contribution in [0.3, 0.4) is 0 Å². The van der Waals surface area contributed by atoms with Crippen LogP contribution in [0.1, 0.15) is 0 Å². The molecule has 0 fully saturated rings. The zero-order chi connectivity index (χ0) is 6.24. The molecule has 0 heterocycles. The third-order valence-electron chi connectivity index (χ3n) is 0.583. The number of allylic oxidation sites excluding steroid dienone is 5. The van der Waals surface area contributed by atoms with E-state index in [-0.39, 0.29) is 0 Å². The Labute approximate surface area is 49.0 Å². The molecule has 0 saturated carbocycles. The summed E-state index contributed by atoms with van der Waals surface area (Å²) in [4.78, 5) is 0. The molecule has 0 amide bonds. The first-order valence-corrected chi connectivity index (χ1v) is 2.42. The fourth-order valence-corrected chi connectivity index (χ4v) is 0.273. The van der Waals surface area contributed by atoms with Crippen LogP contribution in [-0.4, -0.2) is 6.67 Å². The Bertz CT molecular complexity index is 101. The third-order valence-corrected chi connectivity index (χ3v) is 0.583. The lowest BCUT2D eigenvalue weighted by Gasteiger charge is -1.69. The van der Waals surface area contributed by atoms with Crippen molar-refractivity contribution in [3.63, 3.8) is 0 Å². The average molecular weight is 112 g/mol. The van der Waals surface area contributed by atoms with Crippen LogP contribution in [0.15, 0.2) is 37.0 Å². The third kappa shape index (κ3) is 5.15. The highest BCUT2D eigenvalue weighted by atomic mass is 19.1. The average Bonchev–Trinajstić information content (AvgIpc) is 1.81. The lowest BCUT2D eigenvalue weighted by molar-refractivity contribution is 0.562. The Morgan fingerprint density at radius 3 is 2.50 bits per heavy atom. The van der Waals surface area contributed by atoms with E-state index >= 15 is 0 Å². The molecular formula is C7H9F. The van der Waals surface area contributed by atoms with Gasteiger partial charge in [0.05, 0.1) is 0 Å². The van der Waals surface area contributed by atoms with Crippen molar-refractivity contribution < 1.29 is 4.39 Å². The van der Waals surface area contributed by atoms with E-state index in [1.165, 1.54) is 6.08 Å². The van der Waals surface area contributed by atoms with Crippen LogP contribution in [0.4, 0.5) is 4.39 Å². The van der Waals surface area contributed by atoms with Gasteiger partial charge in [-0.3, -0.25) is 0 Å². The standard InChI is InChI=1S/C7H9F/c1-2-3-4-5-6-7-8/h2-6H,1,7H2/b4-3-,6-5+. The van der Waals surface area contributed by atoms with Crippen molar-refractivity contribution in [2.45, 2.75) is 0 Å². The van der Waals surface area contributed by atoms with Crippen LogP contribution in [-0.2, 0) is 0 Å². The van der Waals surface area contributed by atoms with Gasteiger partial charge < -0.3 is 0 Å². The van der Waals surface area contributed by atoms with Crippen LogP contribution in [0.25, 0.3) is 0 Å². The van der Waals surface area contributed by atoms with Crippen molar-refractivity contribution in [3.8, 4) is 0 Å². The van der Waals surface area contributed by atoms with E-state index in [4.69, 9.17) is 0 Å². The summed E-state index contributed by atoms with van der Waals surface area (Å²) >= 11 is 0. The van der Waals surface area contributed by atoms with Crippen LogP contribution >= 0.6 is 0 Å². The maximum Gasteiger partial charge on any atom is 0.108 e. The van der Waals surface area contributed by atoms with E-state index in [0.29, 0.717) is 0 Å². The minimum atomic E-state index is -0.401. The molecule has 0 aromatic heterocycles. The molecule has 8 heavy (non-hydrogen) atoms. The maximum absolute atomic E-state index is 11.3. The summed E-state index contributed by atoms with van der Waals surface area (Å²) in [5.74, 6) is 0. The summed E-state index contributed by atoms with van der Waals surface area (Å²) in [6.07, 6.45) is 8.18. The monoisotopic (exact) mass is 112 g/mol. The van der Waals surface area contributed by atoms with Crippen LogP contribution in [0, 0.1) is 0 Å². The van der Waals surface area contributed by atoms with Crippen LogP contribution in [0.2, 0.25) is 0 Å². The van der Waals surface area contributed by atoms with Crippen molar-refractivity contribution in [2.75, 3.05) is 6.67 Å². The van der Waals surface area contributed by atoms with E-state index in [0.717, 1.165) is 0 Å². The molecule has 0 radical (unpaired) electrons. The highest BCUT2D eigenvalue weighted by Crippen LogP contribution is 1.77. The van der Waals surface area contributed by atoms with Crippen molar-refractivity contribution in [2.24, 2.45) is 0 Å². The van der Waals surface area contributed by atoms with E-state index in [2.05, 4.69) is 6.58 Å². The Morgan fingerprint density at radius 2 is 2.00 bits per heavy atom. The molecule has 1 heteroatoms. The highest BCUT2D eigenvalue weighted by Gasteiger charge is 1.61. The first-order valence-electron chi connectivity index (χ1n) is 2.42. The van der Waals surface area contributed by atoms with Gasteiger partial charge in [0.2, 0.25) is 0 Å². The maximum atomic E-state index is 11.3. The lowest BCUT2D eigenvalue weighted by Crippen LogP contribution is -1.56.